The van der Waals surface area contributed by atoms with Crippen LogP contribution in [0.5, 0.6) is 11.5 Å². The van der Waals surface area contributed by atoms with Gasteiger partial charge >= 0.3 is 6.18 Å². The number of carbonyl (C=O) groups is 1. The van der Waals surface area contributed by atoms with Crippen LogP contribution >= 0.6 is 11.8 Å². The van der Waals surface area contributed by atoms with Crippen molar-refractivity contribution in [2.75, 3.05) is 20.0 Å². The molecule has 3 rings (SSSR count). The Labute approximate surface area is 163 Å². The maximum Gasteiger partial charge on any atom is 0.419 e. The third-order valence-electron chi connectivity index (χ3n) is 4.38. The number of ether oxygens (including phenoxy) is 2. The highest BCUT2D eigenvalue weighted by molar-refractivity contribution is 8.00. The van der Waals surface area contributed by atoms with Crippen molar-refractivity contribution in [1.82, 2.24) is 4.90 Å². The summed E-state index contributed by atoms with van der Waals surface area (Å²) in [7, 11) is 3.00. The first-order valence-corrected chi connectivity index (χ1v) is 9.28. The summed E-state index contributed by atoms with van der Waals surface area (Å²) >= 11 is 1.23. The van der Waals surface area contributed by atoms with Crippen LogP contribution in [-0.2, 0) is 17.5 Å². The van der Waals surface area contributed by atoms with Gasteiger partial charge in [-0.15, -0.1) is 11.8 Å². The van der Waals surface area contributed by atoms with Gasteiger partial charge in [-0.2, -0.15) is 13.2 Å². The van der Waals surface area contributed by atoms with Gasteiger partial charge in [-0.05, 0) is 35.9 Å². The van der Waals surface area contributed by atoms with E-state index in [-0.39, 0.29) is 18.2 Å². The highest BCUT2D eigenvalue weighted by Crippen LogP contribution is 2.42. The fourth-order valence-electron chi connectivity index (χ4n) is 3.01. The first-order valence-electron chi connectivity index (χ1n) is 8.23. The van der Waals surface area contributed by atoms with E-state index < -0.39 is 22.9 Å². The molecule has 2 aromatic carbocycles. The smallest absolute Gasteiger partial charge is 0.419 e. The number of nitrogens with zero attached hydrogens (tertiary/aromatic N) is 1. The first kappa shape index (κ1) is 20.3. The largest absolute Gasteiger partial charge is 0.497 e. The Balaban J connectivity index is 1.92. The van der Waals surface area contributed by atoms with Crippen LogP contribution in [0.25, 0.3) is 0 Å². The summed E-state index contributed by atoms with van der Waals surface area (Å²) in [6.45, 7) is 0.152. The molecule has 0 radical (unpaired) electrons. The second-order valence-electron chi connectivity index (χ2n) is 6.10. The minimum Gasteiger partial charge on any atom is -0.497 e. The topological polar surface area (TPSA) is 38.8 Å². The van der Waals surface area contributed by atoms with E-state index in [0.717, 1.165) is 6.07 Å². The number of rotatable bonds is 5. The highest BCUT2D eigenvalue weighted by Gasteiger charge is 2.37. The van der Waals surface area contributed by atoms with Crippen LogP contribution in [-0.4, -0.2) is 30.8 Å². The highest BCUT2D eigenvalue weighted by atomic mass is 32.2. The van der Waals surface area contributed by atoms with Gasteiger partial charge in [0.05, 0.1) is 32.1 Å². The molecule has 1 fully saturated rings. The molecule has 1 aliphatic heterocycles. The Kier molecular flexibility index (Phi) is 5.74. The third kappa shape index (κ3) is 4.04. The molecule has 0 N–H and O–H groups in total. The lowest BCUT2D eigenvalue weighted by atomic mass is 10.1. The summed E-state index contributed by atoms with van der Waals surface area (Å²) in [6.07, 6.45) is -4.77. The van der Waals surface area contributed by atoms with Crippen LogP contribution in [0.1, 0.15) is 22.1 Å². The van der Waals surface area contributed by atoms with Crippen molar-refractivity contribution in [3.63, 3.8) is 0 Å². The molecule has 0 aromatic heterocycles. The Morgan fingerprint density at radius 3 is 2.50 bits per heavy atom. The number of benzene rings is 2. The maximum atomic E-state index is 14.0. The summed E-state index contributed by atoms with van der Waals surface area (Å²) in [5.74, 6) is -0.279. The van der Waals surface area contributed by atoms with Gasteiger partial charge < -0.3 is 14.4 Å². The van der Waals surface area contributed by atoms with E-state index >= 15 is 0 Å². The second-order valence-corrected chi connectivity index (χ2v) is 7.17. The van der Waals surface area contributed by atoms with Gasteiger partial charge in [-0.1, -0.05) is 6.07 Å². The van der Waals surface area contributed by atoms with Crippen LogP contribution in [0.2, 0.25) is 0 Å². The number of hydrogen-bond donors (Lipinski definition) is 0. The van der Waals surface area contributed by atoms with Crippen LogP contribution in [0, 0.1) is 5.82 Å². The second kappa shape index (κ2) is 7.90. The zero-order valence-corrected chi connectivity index (χ0v) is 15.9. The lowest BCUT2D eigenvalue weighted by Crippen LogP contribution is -2.28. The Morgan fingerprint density at radius 1 is 1.14 bits per heavy atom. The molecule has 0 bridgehead atoms. The minimum absolute atomic E-state index is 0.152. The molecular weight excluding hydrogens is 398 g/mol. The monoisotopic (exact) mass is 415 g/mol. The predicted octanol–water partition coefficient (Wildman–Crippen LogP) is 4.64. The predicted molar refractivity (Wildman–Crippen MR) is 96.7 cm³/mol. The molecule has 1 unspecified atom stereocenters. The zero-order chi connectivity index (χ0) is 20.5. The summed E-state index contributed by atoms with van der Waals surface area (Å²) in [5.41, 5.74) is -0.357. The minimum atomic E-state index is -4.77. The van der Waals surface area contributed by atoms with E-state index in [9.17, 15) is 22.4 Å². The molecular formula is C19H17F4NO3S. The van der Waals surface area contributed by atoms with Crippen molar-refractivity contribution in [3.8, 4) is 11.5 Å². The van der Waals surface area contributed by atoms with Crippen LogP contribution in [0.3, 0.4) is 0 Å². The molecule has 0 aliphatic carbocycles. The standard InChI is InChI=1S/C19H17F4NO3S/c1-26-13-4-6-16(27-2)12(7-13)9-24-17(25)10-28-18(24)11-3-5-14(15(20)8-11)19(21,22)23/h3-8,18H,9-10H2,1-2H3. The van der Waals surface area contributed by atoms with E-state index in [4.69, 9.17) is 9.47 Å². The van der Waals surface area contributed by atoms with Crippen molar-refractivity contribution in [1.29, 1.82) is 0 Å². The van der Waals surface area contributed by atoms with Crippen molar-refractivity contribution in [2.45, 2.75) is 18.1 Å². The molecule has 0 spiro atoms. The molecule has 1 saturated heterocycles. The van der Waals surface area contributed by atoms with Gasteiger partial charge in [-0.25, -0.2) is 4.39 Å². The number of hydrogen-bond acceptors (Lipinski definition) is 4. The van der Waals surface area contributed by atoms with Crippen LogP contribution in [0.15, 0.2) is 36.4 Å². The SMILES string of the molecule is COc1ccc(OC)c(CN2C(=O)CSC2c2ccc(C(F)(F)F)c(F)c2)c1. The van der Waals surface area contributed by atoms with Gasteiger partial charge in [0.1, 0.15) is 22.7 Å². The molecule has 1 heterocycles. The van der Waals surface area contributed by atoms with E-state index in [2.05, 4.69) is 0 Å². The molecule has 2 aromatic rings. The molecule has 150 valence electrons. The quantitative estimate of drug-likeness (QED) is 0.668. The van der Waals surface area contributed by atoms with E-state index in [1.165, 1.54) is 36.9 Å². The normalized spacial score (nSPS) is 17.1. The summed E-state index contributed by atoms with van der Waals surface area (Å²) < 4.78 is 62.9. The molecule has 1 amide bonds. The summed E-state index contributed by atoms with van der Waals surface area (Å²) in [4.78, 5) is 13.9. The fourth-order valence-corrected chi connectivity index (χ4v) is 4.18. The Morgan fingerprint density at radius 2 is 1.89 bits per heavy atom. The number of alkyl halides is 3. The number of thioether (sulfide) groups is 1. The number of amides is 1. The molecule has 1 atom stereocenters. The maximum absolute atomic E-state index is 14.0. The number of carbonyl (C=O) groups excluding carboxylic acids is 1. The molecule has 0 saturated carbocycles. The zero-order valence-electron chi connectivity index (χ0n) is 15.0. The van der Waals surface area contributed by atoms with Gasteiger partial charge in [0.25, 0.3) is 0 Å². The van der Waals surface area contributed by atoms with Crippen molar-refractivity contribution in [2.24, 2.45) is 0 Å². The van der Waals surface area contributed by atoms with Gasteiger partial charge in [0, 0.05) is 5.56 Å². The molecule has 4 nitrogen and oxygen atoms in total. The molecule has 9 heteroatoms. The summed E-state index contributed by atoms with van der Waals surface area (Å²) in [6, 6.07) is 7.89. The Hall–Kier alpha value is -2.42. The van der Waals surface area contributed by atoms with Crippen molar-refractivity contribution >= 4 is 17.7 Å². The van der Waals surface area contributed by atoms with E-state index in [0.29, 0.717) is 28.7 Å². The van der Waals surface area contributed by atoms with Crippen molar-refractivity contribution < 1.29 is 31.8 Å². The average molecular weight is 415 g/mol. The Bertz CT molecular complexity index is 888. The van der Waals surface area contributed by atoms with E-state index in [1.54, 1.807) is 18.2 Å². The van der Waals surface area contributed by atoms with Crippen LogP contribution in [0.4, 0.5) is 17.6 Å². The van der Waals surface area contributed by atoms with Gasteiger partial charge in [0.2, 0.25) is 5.91 Å². The van der Waals surface area contributed by atoms with Gasteiger partial charge in [0.15, 0.2) is 0 Å². The lowest BCUT2D eigenvalue weighted by Gasteiger charge is -2.25. The average Bonchev–Trinajstić information content (AvgIpc) is 3.01. The first-order chi connectivity index (χ1) is 13.2. The molecule has 28 heavy (non-hydrogen) atoms. The van der Waals surface area contributed by atoms with E-state index in [1.807, 2.05) is 0 Å². The van der Waals surface area contributed by atoms with Gasteiger partial charge in [-0.3, -0.25) is 4.79 Å². The third-order valence-corrected chi connectivity index (χ3v) is 5.64. The lowest BCUT2D eigenvalue weighted by molar-refractivity contribution is -0.140. The fraction of sp³-hybridized carbons (Fsp3) is 0.316. The van der Waals surface area contributed by atoms with Crippen LogP contribution < -0.4 is 9.47 Å². The molecule has 1 aliphatic rings. The number of halogens is 4. The number of methoxy groups -OCH3 is 2. The van der Waals surface area contributed by atoms with Crippen molar-refractivity contribution in [3.05, 3.63) is 58.9 Å². The summed E-state index contributed by atoms with van der Waals surface area (Å²) in [5, 5.41) is -0.597.